The lowest BCUT2D eigenvalue weighted by Crippen LogP contribution is -2.29. The van der Waals surface area contributed by atoms with Gasteiger partial charge in [0.15, 0.2) is 0 Å². The van der Waals surface area contributed by atoms with Gasteiger partial charge < -0.3 is 0 Å². The van der Waals surface area contributed by atoms with E-state index in [1.165, 1.54) is 0 Å². The molecule has 2 rings (SSSR count). The van der Waals surface area contributed by atoms with Gasteiger partial charge in [0.25, 0.3) is 0 Å². The zero-order valence-electron chi connectivity index (χ0n) is 13.7. The first-order valence-electron chi connectivity index (χ1n) is 7.40. The molecular formula is C16H21ClN3O3+. The summed E-state index contributed by atoms with van der Waals surface area (Å²) in [6.07, 6.45) is 4.38. The van der Waals surface area contributed by atoms with Crippen molar-refractivity contribution in [3.8, 4) is 11.3 Å². The molecule has 0 spiro atoms. The topological polar surface area (TPSA) is 76.1 Å². The highest BCUT2D eigenvalue weighted by Crippen LogP contribution is 2.35. The number of nitrogens with zero attached hydrogens (tertiary/aromatic N) is 3. The van der Waals surface area contributed by atoms with E-state index in [4.69, 9.17) is 21.2 Å². The largest absolute Gasteiger partial charge is 0.373 e. The fraction of sp³-hybridized carbons (Fsp3) is 0.438. The maximum Gasteiger partial charge on any atom is 0.373 e. The zero-order chi connectivity index (χ0) is 17.6. The molecule has 0 radical (unpaired) electrons. The quantitative estimate of drug-likeness (QED) is 0.687. The predicted molar refractivity (Wildman–Crippen MR) is 84.2 cm³/mol. The first kappa shape index (κ1) is 18.9. The lowest BCUT2D eigenvalue weighted by molar-refractivity contribution is -0.904. The zero-order valence-corrected chi connectivity index (χ0v) is 14.5. The average molecular weight is 339 g/mol. The number of rotatable bonds is 4. The molecule has 2 aromatic rings. The summed E-state index contributed by atoms with van der Waals surface area (Å²) in [6.45, 7) is 9.08. The van der Waals surface area contributed by atoms with E-state index in [0.717, 1.165) is 40.2 Å². The van der Waals surface area contributed by atoms with Gasteiger partial charge in [0.1, 0.15) is 0 Å². The number of hydrogen-bond donors (Lipinski definition) is 1. The number of hydrogen-bond acceptors (Lipinski definition) is 4. The molecule has 124 valence electrons. The molecule has 0 bridgehead atoms. The molecule has 0 aromatic carbocycles. The van der Waals surface area contributed by atoms with Gasteiger partial charge in [0.05, 0.1) is 22.0 Å². The Morgan fingerprint density at radius 3 is 2.48 bits per heavy atom. The second-order valence-corrected chi connectivity index (χ2v) is 5.59. The molecule has 0 aliphatic rings. The molecular weight excluding hydrogens is 318 g/mol. The van der Waals surface area contributed by atoms with Crippen LogP contribution in [0.2, 0.25) is 5.02 Å². The minimum atomic E-state index is 0.250. The van der Waals surface area contributed by atoms with Gasteiger partial charge in [-0.1, -0.05) is 32.4 Å². The molecule has 1 N–H and O–H groups in total. The van der Waals surface area contributed by atoms with Crippen LogP contribution >= 0.6 is 11.6 Å². The molecule has 6 nitrogen and oxygen atoms in total. The van der Waals surface area contributed by atoms with E-state index >= 15 is 0 Å². The number of aryl methyl sites for hydroxylation is 2. The number of halogens is 1. The molecule has 0 unspecified atom stereocenters. The molecule has 0 amide bonds. The fourth-order valence-electron chi connectivity index (χ4n) is 2.40. The monoisotopic (exact) mass is 338 g/mol. The summed E-state index contributed by atoms with van der Waals surface area (Å²) in [5.41, 5.74) is 3.86. The lowest BCUT2D eigenvalue weighted by atomic mass is 9.97. The van der Waals surface area contributed by atoms with Gasteiger partial charge in [-0.15, -0.1) is 0 Å². The van der Waals surface area contributed by atoms with Crippen LogP contribution in [0.4, 0.5) is 0 Å². The molecule has 0 saturated carbocycles. The summed E-state index contributed by atoms with van der Waals surface area (Å²) in [4.78, 5) is 16.2. The number of aromatic nitrogens is 3. The van der Waals surface area contributed by atoms with E-state index in [1.54, 1.807) is 12.4 Å². The molecule has 2 heterocycles. The molecule has 0 aliphatic heterocycles. The van der Waals surface area contributed by atoms with Crippen molar-refractivity contribution in [2.45, 2.75) is 46.6 Å². The third kappa shape index (κ3) is 4.18. The van der Waals surface area contributed by atoms with Crippen LogP contribution in [0.15, 0.2) is 18.5 Å². The van der Waals surface area contributed by atoms with Crippen molar-refractivity contribution in [3.05, 3.63) is 34.7 Å². The van der Waals surface area contributed by atoms with Crippen molar-refractivity contribution in [2.75, 3.05) is 0 Å². The minimum Gasteiger partial charge on any atom is -0.285 e. The molecule has 2 aromatic heterocycles. The Balaban J connectivity index is 0.000000816. The highest BCUT2D eigenvalue weighted by Gasteiger charge is 2.22. The molecule has 0 atom stereocenters. The maximum atomic E-state index is 9.74. The standard InChI is InChI=1S/C15H21ClN3O.CO2/c1-5-13-14(16)15(19(6-2)17-13)12-9-18(20)8-7-11(12)10(3)4;2-1-3/h7-10,20H,5-6H2,1-4H3;/q+1;. The van der Waals surface area contributed by atoms with Crippen LogP contribution in [0, 0.1) is 0 Å². The van der Waals surface area contributed by atoms with Gasteiger partial charge in [0, 0.05) is 17.3 Å². The van der Waals surface area contributed by atoms with Gasteiger partial charge >= 0.3 is 6.15 Å². The first-order valence-corrected chi connectivity index (χ1v) is 7.78. The van der Waals surface area contributed by atoms with E-state index in [0.29, 0.717) is 10.9 Å². The van der Waals surface area contributed by atoms with Crippen molar-refractivity contribution in [3.63, 3.8) is 0 Å². The normalized spacial score (nSPS) is 10.2. The van der Waals surface area contributed by atoms with E-state index in [-0.39, 0.29) is 6.15 Å². The van der Waals surface area contributed by atoms with Crippen molar-refractivity contribution < 1.29 is 19.5 Å². The van der Waals surface area contributed by atoms with Crippen LogP contribution in [0.3, 0.4) is 0 Å². The van der Waals surface area contributed by atoms with Gasteiger partial charge in [-0.05, 0) is 24.8 Å². The summed E-state index contributed by atoms with van der Waals surface area (Å²) in [7, 11) is 0. The number of pyridine rings is 1. The SMILES string of the molecule is CCc1nn(CC)c(-c2c[n+](O)ccc2C(C)C)c1Cl.O=C=O. The molecule has 0 fully saturated rings. The second-order valence-electron chi connectivity index (χ2n) is 5.21. The van der Waals surface area contributed by atoms with E-state index in [2.05, 4.69) is 18.9 Å². The van der Waals surface area contributed by atoms with Gasteiger partial charge in [0.2, 0.25) is 12.4 Å². The molecule has 23 heavy (non-hydrogen) atoms. The second kappa shape index (κ2) is 8.46. The predicted octanol–water partition coefficient (Wildman–Crippen LogP) is 2.85. The van der Waals surface area contributed by atoms with E-state index < -0.39 is 0 Å². The minimum absolute atomic E-state index is 0.250. The highest BCUT2D eigenvalue weighted by atomic mass is 35.5. The van der Waals surface area contributed by atoms with E-state index in [9.17, 15) is 5.21 Å². The summed E-state index contributed by atoms with van der Waals surface area (Å²) < 4.78 is 2.97. The fourth-order valence-corrected chi connectivity index (χ4v) is 2.77. The summed E-state index contributed by atoms with van der Waals surface area (Å²) in [5.74, 6) is 0.340. The van der Waals surface area contributed by atoms with Gasteiger partial charge in [-0.25, -0.2) is 0 Å². The van der Waals surface area contributed by atoms with Crippen LogP contribution in [0.1, 0.15) is 44.9 Å². The molecule has 7 heteroatoms. The van der Waals surface area contributed by atoms with Crippen LogP contribution in [0.5, 0.6) is 0 Å². The van der Waals surface area contributed by atoms with Crippen molar-refractivity contribution in [2.24, 2.45) is 0 Å². The molecule has 0 aliphatic carbocycles. The van der Waals surface area contributed by atoms with Crippen LogP contribution in [-0.4, -0.2) is 21.1 Å². The third-order valence-corrected chi connectivity index (χ3v) is 3.85. The Labute approximate surface area is 140 Å². The number of carbonyl (C=O) groups excluding carboxylic acids is 2. The maximum absolute atomic E-state index is 9.74. The Morgan fingerprint density at radius 1 is 1.39 bits per heavy atom. The summed E-state index contributed by atoms with van der Waals surface area (Å²) in [5, 5.41) is 15.0. The molecule has 0 saturated heterocycles. The van der Waals surface area contributed by atoms with Crippen LogP contribution in [0.25, 0.3) is 11.3 Å². The lowest BCUT2D eigenvalue weighted by Gasteiger charge is -2.11. The Kier molecular flexibility index (Phi) is 6.94. The summed E-state index contributed by atoms with van der Waals surface area (Å²) in [6, 6.07) is 1.93. The Bertz CT molecular complexity index is 705. The summed E-state index contributed by atoms with van der Waals surface area (Å²) >= 11 is 6.50. The van der Waals surface area contributed by atoms with Crippen molar-refractivity contribution in [1.29, 1.82) is 0 Å². The van der Waals surface area contributed by atoms with Crippen molar-refractivity contribution in [1.82, 2.24) is 9.78 Å². The Hall–Kier alpha value is -2.17. The highest BCUT2D eigenvalue weighted by molar-refractivity contribution is 6.33. The average Bonchev–Trinajstić information content (AvgIpc) is 2.83. The Morgan fingerprint density at radius 2 is 2.00 bits per heavy atom. The van der Waals surface area contributed by atoms with Crippen LogP contribution in [-0.2, 0) is 22.6 Å². The van der Waals surface area contributed by atoms with Crippen LogP contribution < -0.4 is 4.73 Å². The van der Waals surface area contributed by atoms with E-state index in [1.807, 2.05) is 24.6 Å². The van der Waals surface area contributed by atoms with Gasteiger partial charge in [-0.3, -0.25) is 9.89 Å². The third-order valence-electron chi connectivity index (χ3n) is 3.45. The first-order chi connectivity index (χ1) is 10.9. The smallest absolute Gasteiger partial charge is 0.285 e. The van der Waals surface area contributed by atoms with Crippen molar-refractivity contribution >= 4 is 17.8 Å². The van der Waals surface area contributed by atoms with Gasteiger partial charge in [-0.2, -0.15) is 14.7 Å².